The van der Waals surface area contributed by atoms with Crippen LogP contribution in [0.15, 0.2) is 12.2 Å². The molecule has 2 aliphatic rings. The van der Waals surface area contributed by atoms with Gasteiger partial charge in [-0.2, -0.15) is 0 Å². The summed E-state index contributed by atoms with van der Waals surface area (Å²) >= 11 is 0. The van der Waals surface area contributed by atoms with Gasteiger partial charge in [-0.3, -0.25) is 0 Å². The Hall–Kier alpha value is -0.770. The van der Waals surface area contributed by atoms with E-state index in [-0.39, 0.29) is 0 Å². The van der Waals surface area contributed by atoms with E-state index in [1.165, 1.54) is 12.8 Å². The van der Waals surface area contributed by atoms with Crippen molar-refractivity contribution in [1.82, 2.24) is 0 Å². The highest BCUT2D eigenvalue weighted by Crippen LogP contribution is 2.43. The number of fused-ring (bicyclic) bond motifs is 2. The fraction of sp³-hybridized carbons (Fsp3) is 0.667. The van der Waals surface area contributed by atoms with E-state index in [2.05, 4.69) is 17.0 Å². The molecule has 2 rings (SSSR count). The minimum Gasteiger partial charge on any atom is -0.317 e. The molecule has 3 atom stereocenters. The molecule has 10 heavy (non-hydrogen) atoms. The standard InChI is InChI=1S/C9H11N/c1-10-6-9-5-7-2-3-8(9)4-7/h2-3,7-9H,4-6H2. The van der Waals surface area contributed by atoms with E-state index >= 15 is 0 Å². The SMILES string of the molecule is [C-]#[N+]CC1CC2C=CC1C2. The van der Waals surface area contributed by atoms with Gasteiger partial charge >= 0.3 is 0 Å². The Morgan fingerprint density at radius 2 is 2.30 bits per heavy atom. The van der Waals surface area contributed by atoms with Crippen LogP contribution in [0.4, 0.5) is 0 Å². The van der Waals surface area contributed by atoms with Gasteiger partial charge in [-0.25, -0.2) is 6.57 Å². The zero-order chi connectivity index (χ0) is 6.97. The van der Waals surface area contributed by atoms with E-state index in [0.717, 1.165) is 18.4 Å². The summed E-state index contributed by atoms with van der Waals surface area (Å²) in [6.45, 7) is 7.50. The number of hydrogen-bond acceptors (Lipinski definition) is 0. The normalized spacial score (nSPS) is 42.1. The van der Waals surface area contributed by atoms with Crippen molar-refractivity contribution in [3.8, 4) is 0 Å². The van der Waals surface area contributed by atoms with Crippen LogP contribution >= 0.6 is 0 Å². The summed E-state index contributed by atoms with van der Waals surface area (Å²) < 4.78 is 0. The summed E-state index contributed by atoms with van der Waals surface area (Å²) in [5, 5.41) is 0. The lowest BCUT2D eigenvalue weighted by Crippen LogP contribution is -2.08. The second-order valence-corrected chi connectivity index (χ2v) is 3.38. The molecule has 0 amide bonds. The van der Waals surface area contributed by atoms with Crippen molar-refractivity contribution in [3.05, 3.63) is 23.6 Å². The van der Waals surface area contributed by atoms with Gasteiger partial charge < -0.3 is 4.85 Å². The molecule has 1 heteroatoms. The largest absolute Gasteiger partial charge is 0.317 e. The van der Waals surface area contributed by atoms with Gasteiger partial charge in [0, 0.05) is 5.92 Å². The second kappa shape index (κ2) is 2.12. The zero-order valence-electron chi connectivity index (χ0n) is 5.96. The van der Waals surface area contributed by atoms with E-state index < -0.39 is 0 Å². The lowest BCUT2D eigenvalue weighted by atomic mass is 9.94. The van der Waals surface area contributed by atoms with Crippen LogP contribution in [-0.4, -0.2) is 6.54 Å². The number of rotatable bonds is 1. The molecule has 0 N–H and O–H groups in total. The van der Waals surface area contributed by atoms with Crippen LogP contribution in [0.2, 0.25) is 0 Å². The van der Waals surface area contributed by atoms with Gasteiger partial charge in [0.05, 0.1) is 0 Å². The van der Waals surface area contributed by atoms with Gasteiger partial charge in [0.25, 0.3) is 0 Å². The van der Waals surface area contributed by atoms with Gasteiger partial charge in [-0.05, 0) is 24.7 Å². The lowest BCUT2D eigenvalue weighted by molar-refractivity contribution is 0.482. The summed E-state index contributed by atoms with van der Waals surface area (Å²) in [6, 6.07) is 0. The highest BCUT2D eigenvalue weighted by molar-refractivity contribution is 5.10. The van der Waals surface area contributed by atoms with Gasteiger partial charge in [0.15, 0.2) is 0 Å². The topological polar surface area (TPSA) is 4.36 Å². The van der Waals surface area contributed by atoms with E-state index in [0.29, 0.717) is 5.92 Å². The molecule has 0 aromatic rings. The molecular weight excluding hydrogens is 122 g/mol. The fourth-order valence-corrected chi connectivity index (χ4v) is 2.22. The van der Waals surface area contributed by atoms with Crippen molar-refractivity contribution in [2.45, 2.75) is 12.8 Å². The molecule has 0 heterocycles. The Morgan fingerprint density at radius 3 is 2.80 bits per heavy atom. The summed E-state index contributed by atoms with van der Waals surface area (Å²) in [4.78, 5) is 3.45. The third kappa shape index (κ3) is 0.759. The number of hydrogen-bond donors (Lipinski definition) is 0. The van der Waals surface area contributed by atoms with Gasteiger partial charge in [-0.15, -0.1) is 0 Å². The smallest absolute Gasteiger partial charge is 0.218 e. The Morgan fingerprint density at radius 1 is 1.40 bits per heavy atom. The Kier molecular flexibility index (Phi) is 1.27. The molecule has 0 aromatic carbocycles. The lowest BCUT2D eigenvalue weighted by Gasteiger charge is -2.10. The van der Waals surface area contributed by atoms with E-state index in [4.69, 9.17) is 6.57 Å². The van der Waals surface area contributed by atoms with Crippen LogP contribution in [0.25, 0.3) is 4.85 Å². The quantitative estimate of drug-likeness (QED) is 0.381. The average Bonchev–Trinajstić information content (AvgIpc) is 2.48. The van der Waals surface area contributed by atoms with Crippen molar-refractivity contribution >= 4 is 0 Å². The van der Waals surface area contributed by atoms with Gasteiger partial charge in [0.1, 0.15) is 0 Å². The van der Waals surface area contributed by atoms with Gasteiger partial charge in [0.2, 0.25) is 6.54 Å². The molecule has 1 fully saturated rings. The van der Waals surface area contributed by atoms with Crippen LogP contribution in [-0.2, 0) is 0 Å². The maximum Gasteiger partial charge on any atom is 0.218 e. The van der Waals surface area contributed by atoms with Gasteiger partial charge in [-0.1, -0.05) is 12.2 Å². The first kappa shape index (κ1) is 5.97. The molecule has 0 saturated heterocycles. The molecule has 0 spiro atoms. The van der Waals surface area contributed by atoms with E-state index in [9.17, 15) is 0 Å². The predicted molar refractivity (Wildman–Crippen MR) is 40.3 cm³/mol. The minimum atomic E-state index is 0.701. The van der Waals surface area contributed by atoms with Crippen LogP contribution in [0, 0.1) is 24.3 Å². The van der Waals surface area contributed by atoms with Crippen molar-refractivity contribution in [2.75, 3.05) is 6.54 Å². The summed E-state index contributed by atoms with van der Waals surface area (Å²) in [5.74, 6) is 2.29. The molecule has 3 unspecified atom stereocenters. The Bertz CT molecular complexity index is 199. The monoisotopic (exact) mass is 133 g/mol. The van der Waals surface area contributed by atoms with Crippen molar-refractivity contribution in [3.63, 3.8) is 0 Å². The van der Waals surface area contributed by atoms with Crippen LogP contribution in [0.1, 0.15) is 12.8 Å². The highest BCUT2D eigenvalue weighted by Gasteiger charge is 2.36. The van der Waals surface area contributed by atoms with Crippen LogP contribution in [0.3, 0.4) is 0 Å². The second-order valence-electron chi connectivity index (χ2n) is 3.38. The molecular formula is C9H11N. The molecule has 0 aromatic heterocycles. The Labute approximate surface area is 61.6 Å². The van der Waals surface area contributed by atoms with Crippen LogP contribution in [0.5, 0.6) is 0 Å². The molecule has 0 radical (unpaired) electrons. The molecule has 1 saturated carbocycles. The molecule has 1 nitrogen and oxygen atoms in total. The minimum absolute atomic E-state index is 0.701. The first-order chi connectivity index (χ1) is 4.90. The first-order valence-corrected chi connectivity index (χ1v) is 3.91. The Balaban J connectivity index is 2.04. The van der Waals surface area contributed by atoms with Crippen LogP contribution < -0.4 is 0 Å². The third-order valence-electron chi connectivity index (χ3n) is 2.74. The predicted octanol–water partition coefficient (Wildman–Crippen LogP) is 2.12. The van der Waals surface area contributed by atoms with Crippen molar-refractivity contribution in [1.29, 1.82) is 0 Å². The third-order valence-corrected chi connectivity index (χ3v) is 2.74. The molecule has 0 aliphatic heterocycles. The van der Waals surface area contributed by atoms with E-state index in [1.807, 2.05) is 0 Å². The zero-order valence-corrected chi connectivity index (χ0v) is 5.96. The maximum absolute atomic E-state index is 6.75. The average molecular weight is 133 g/mol. The number of nitrogens with zero attached hydrogens (tertiary/aromatic N) is 1. The summed E-state index contributed by atoms with van der Waals surface area (Å²) in [6.07, 6.45) is 7.25. The first-order valence-electron chi connectivity index (χ1n) is 3.91. The number of allylic oxidation sites excluding steroid dienone is 2. The fourth-order valence-electron chi connectivity index (χ4n) is 2.22. The van der Waals surface area contributed by atoms with E-state index in [1.54, 1.807) is 0 Å². The van der Waals surface area contributed by atoms with Crippen molar-refractivity contribution in [2.24, 2.45) is 17.8 Å². The van der Waals surface area contributed by atoms with Crippen molar-refractivity contribution < 1.29 is 0 Å². The summed E-state index contributed by atoms with van der Waals surface area (Å²) in [7, 11) is 0. The maximum atomic E-state index is 6.75. The molecule has 52 valence electrons. The molecule has 2 bridgehead atoms. The highest BCUT2D eigenvalue weighted by atomic mass is 14.7. The molecule has 2 aliphatic carbocycles. The summed E-state index contributed by atoms with van der Waals surface area (Å²) in [5.41, 5.74) is 0.